The van der Waals surface area contributed by atoms with Gasteiger partial charge in [-0.05, 0) is 42.5 Å². The minimum atomic E-state index is -0.393. The third-order valence-corrected chi connectivity index (χ3v) is 3.51. The summed E-state index contributed by atoms with van der Waals surface area (Å²) in [5.74, 6) is -0.0993. The average Bonchev–Trinajstić information content (AvgIpc) is 2.55. The molecule has 0 spiro atoms. The standard InChI is InChI=1S/C16H14Cl2N2O3/c1-23-12-5-2-10(3-6-12)16(22)19-9-15(21)20-14-7-4-11(17)8-13(14)18/h2-8H,9H2,1H3,(H,19,22)(H,20,21). The Kier molecular flexibility index (Phi) is 5.84. The van der Waals surface area contributed by atoms with Gasteiger partial charge >= 0.3 is 0 Å². The highest BCUT2D eigenvalue weighted by Gasteiger charge is 2.10. The summed E-state index contributed by atoms with van der Waals surface area (Å²) in [6.45, 7) is -0.177. The van der Waals surface area contributed by atoms with Crippen LogP contribution < -0.4 is 15.4 Å². The van der Waals surface area contributed by atoms with Crippen LogP contribution in [0.5, 0.6) is 5.75 Å². The topological polar surface area (TPSA) is 67.4 Å². The summed E-state index contributed by atoms with van der Waals surface area (Å²) in [6.07, 6.45) is 0. The number of nitrogens with one attached hydrogen (secondary N) is 2. The van der Waals surface area contributed by atoms with Crippen molar-refractivity contribution in [2.75, 3.05) is 19.0 Å². The Bertz CT molecular complexity index is 718. The smallest absolute Gasteiger partial charge is 0.251 e. The molecule has 0 saturated heterocycles. The van der Waals surface area contributed by atoms with Crippen molar-refractivity contribution in [3.8, 4) is 5.75 Å². The molecule has 2 aromatic carbocycles. The molecule has 0 atom stereocenters. The van der Waals surface area contributed by atoms with Gasteiger partial charge in [-0.25, -0.2) is 0 Å². The normalized spacial score (nSPS) is 10.0. The summed E-state index contributed by atoms with van der Waals surface area (Å²) >= 11 is 11.7. The molecule has 0 unspecified atom stereocenters. The van der Waals surface area contributed by atoms with Gasteiger partial charge in [0.1, 0.15) is 5.75 Å². The first-order valence-electron chi connectivity index (χ1n) is 6.67. The molecule has 0 aliphatic carbocycles. The zero-order valence-corrected chi connectivity index (χ0v) is 13.7. The molecule has 2 amide bonds. The Labute approximate surface area is 143 Å². The maximum absolute atomic E-state index is 11.9. The van der Waals surface area contributed by atoms with Crippen molar-refractivity contribution in [1.82, 2.24) is 5.32 Å². The van der Waals surface area contributed by atoms with Gasteiger partial charge in [-0.2, -0.15) is 0 Å². The van der Waals surface area contributed by atoms with E-state index in [9.17, 15) is 9.59 Å². The lowest BCUT2D eigenvalue weighted by atomic mass is 10.2. The van der Waals surface area contributed by atoms with Crippen LogP contribution in [0.25, 0.3) is 0 Å². The number of amides is 2. The molecule has 120 valence electrons. The first-order valence-corrected chi connectivity index (χ1v) is 7.42. The zero-order chi connectivity index (χ0) is 16.8. The second-order valence-corrected chi connectivity index (χ2v) is 5.43. The molecule has 0 saturated carbocycles. The van der Waals surface area contributed by atoms with Crippen LogP contribution in [-0.4, -0.2) is 25.5 Å². The largest absolute Gasteiger partial charge is 0.497 e. The summed E-state index contributed by atoms with van der Waals surface area (Å²) in [4.78, 5) is 23.8. The van der Waals surface area contributed by atoms with Crippen molar-refractivity contribution in [2.45, 2.75) is 0 Å². The maximum Gasteiger partial charge on any atom is 0.251 e. The quantitative estimate of drug-likeness (QED) is 0.866. The summed E-state index contributed by atoms with van der Waals surface area (Å²) in [5.41, 5.74) is 0.864. The maximum atomic E-state index is 11.9. The summed E-state index contributed by atoms with van der Waals surface area (Å²) in [6, 6.07) is 11.3. The molecule has 2 aromatic rings. The number of hydrogen-bond donors (Lipinski definition) is 2. The van der Waals surface area contributed by atoms with Crippen LogP contribution in [0.1, 0.15) is 10.4 Å². The van der Waals surface area contributed by atoms with E-state index >= 15 is 0 Å². The third kappa shape index (κ3) is 4.87. The van der Waals surface area contributed by atoms with E-state index < -0.39 is 5.91 Å². The van der Waals surface area contributed by atoms with Crippen LogP contribution in [0.4, 0.5) is 5.69 Å². The summed E-state index contributed by atoms with van der Waals surface area (Å²) < 4.78 is 5.02. The van der Waals surface area contributed by atoms with Crippen LogP contribution in [0.15, 0.2) is 42.5 Å². The molecule has 0 aliphatic heterocycles. The predicted octanol–water partition coefficient (Wildman–Crippen LogP) is 3.37. The van der Waals surface area contributed by atoms with Gasteiger partial charge in [-0.15, -0.1) is 0 Å². The van der Waals surface area contributed by atoms with E-state index in [0.29, 0.717) is 27.0 Å². The van der Waals surface area contributed by atoms with Gasteiger partial charge in [-0.3, -0.25) is 9.59 Å². The summed E-state index contributed by atoms with van der Waals surface area (Å²) in [7, 11) is 1.54. The molecule has 2 rings (SSSR count). The van der Waals surface area contributed by atoms with Gasteiger partial charge in [0.25, 0.3) is 5.91 Å². The lowest BCUT2D eigenvalue weighted by Gasteiger charge is -2.09. The van der Waals surface area contributed by atoms with E-state index in [1.54, 1.807) is 43.5 Å². The van der Waals surface area contributed by atoms with E-state index in [-0.39, 0.29) is 12.5 Å². The van der Waals surface area contributed by atoms with E-state index in [1.165, 1.54) is 6.07 Å². The molecule has 2 N–H and O–H groups in total. The van der Waals surface area contributed by atoms with Crippen molar-refractivity contribution in [1.29, 1.82) is 0 Å². The van der Waals surface area contributed by atoms with Crippen molar-refractivity contribution in [3.05, 3.63) is 58.1 Å². The van der Waals surface area contributed by atoms with Gasteiger partial charge < -0.3 is 15.4 Å². The molecule has 0 aliphatic rings. The zero-order valence-electron chi connectivity index (χ0n) is 12.2. The number of hydrogen-bond acceptors (Lipinski definition) is 3. The first-order chi connectivity index (χ1) is 11.0. The van der Waals surface area contributed by atoms with Crippen LogP contribution in [-0.2, 0) is 4.79 Å². The second-order valence-electron chi connectivity index (χ2n) is 4.58. The molecule has 0 heterocycles. The van der Waals surface area contributed by atoms with E-state index in [0.717, 1.165) is 0 Å². The molecule has 5 nitrogen and oxygen atoms in total. The Morgan fingerprint density at radius 2 is 1.78 bits per heavy atom. The number of halogens is 2. The van der Waals surface area contributed by atoms with Crippen LogP contribution in [0, 0.1) is 0 Å². The van der Waals surface area contributed by atoms with Gasteiger partial charge in [0.15, 0.2) is 0 Å². The average molecular weight is 353 g/mol. The van der Waals surface area contributed by atoms with Gasteiger partial charge in [0.05, 0.1) is 24.4 Å². The molecule has 0 aromatic heterocycles. The number of rotatable bonds is 5. The van der Waals surface area contributed by atoms with Crippen molar-refractivity contribution >= 4 is 40.7 Å². The fourth-order valence-corrected chi connectivity index (χ4v) is 2.25. The Hall–Kier alpha value is -2.24. The molecular weight excluding hydrogens is 339 g/mol. The highest BCUT2D eigenvalue weighted by atomic mass is 35.5. The highest BCUT2D eigenvalue weighted by molar-refractivity contribution is 6.36. The number of carbonyl (C=O) groups excluding carboxylic acids is 2. The van der Waals surface area contributed by atoms with Gasteiger partial charge in [0, 0.05) is 10.6 Å². The Balaban J connectivity index is 1.89. The molecule has 0 fully saturated rings. The number of benzene rings is 2. The van der Waals surface area contributed by atoms with E-state index in [2.05, 4.69) is 10.6 Å². The lowest BCUT2D eigenvalue weighted by molar-refractivity contribution is -0.115. The van der Waals surface area contributed by atoms with Crippen molar-refractivity contribution < 1.29 is 14.3 Å². The summed E-state index contributed by atoms with van der Waals surface area (Å²) in [5, 5.41) is 5.92. The predicted molar refractivity (Wildman–Crippen MR) is 90.4 cm³/mol. The molecular formula is C16H14Cl2N2O3. The Morgan fingerprint density at radius 3 is 2.39 bits per heavy atom. The number of anilines is 1. The van der Waals surface area contributed by atoms with Crippen LogP contribution in [0.3, 0.4) is 0 Å². The van der Waals surface area contributed by atoms with E-state index in [4.69, 9.17) is 27.9 Å². The first kappa shape index (κ1) is 17.1. The fourth-order valence-electron chi connectivity index (χ4n) is 1.79. The van der Waals surface area contributed by atoms with E-state index in [1.807, 2.05) is 0 Å². The van der Waals surface area contributed by atoms with Gasteiger partial charge in [-0.1, -0.05) is 23.2 Å². The minimum absolute atomic E-state index is 0.177. The highest BCUT2D eigenvalue weighted by Crippen LogP contribution is 2.25. The molecule has 7 heteroatoms. The number of methoxy groups -OCH3 is 1. The second kappa shape index (κ2) is 7.85. The fraction of sp³-hybridized carbons (Fsp3) is 0.125. The van der Waals surface area contributed by atoms with Gasteiger partial charge in [0.2, 0.25) is 5.91 Å². The molecule has 0 bridgehead atoms. The molecule has 23 heavy (non-hydrogen) atoms. The van der Waals surface area contributed by atoms with Crippen molar-refractivity contribution in [3.63, 3.8) is 0 Å². The lowest BCUT2D eigenvalue weighted by Crippen LogP contribution is -2.32. The third-order valence-electron chi connectivity index (χ3n) is 2.97. The number of carbonyl (C=O) groups is 2. The van der Waals surface area contributed by atoms with Crippen molar-refractivity contribution in [2.24, 2.45) is 0 Å². The monoisotopic (exact) mass is 352 g/mol. The molecule has 0 radical (unpaired) electrons. The van der Waals surface area contributed by atoms with Crippen LogP contribution >= 0.6 is 23.2 Å². The Morgan fingerprint density at radius 1 is 1.09 bits per heavy atom. The van der Waals surface area contributed by atoms with Crippen LogP contribution in [0.2, 0.25) is 10.0 Å². The minimum Gasteiger partial charge on any atom is -0.497 e. The number of ether oxygens (including phenoxy) is 1. The SMILES string of the molecule is COc1ccc(C(=O)NCC(=O)Nc2ccc(Cl)cc2Cl)cc1.